The van der Waals surface area contributed by atoms with Crippen LogP contribution >= 0.6 is 0 Å². The van der Waals surface area contributed by atoms with E-state index in [1.165, 1.54) is 0 Å². The molecule has 3 nitrogen and oxygen atoms in total. The van der Waals surface area contributed by atoms with E-state index in [1.807, 2.05) is 6.92 Å². The molecule has 1 aromatic rings. The van der Waals surface area contributed by atoms with Gasteiger partial charge in [-0.25, -0.2) is 0 Å². The number of ether oxygens (including phenoxy) is 1. The largest absolute Gasteiger partial charge is 0.492 e. The summed E-state index contributed by atoms with van der Waals surface area (Å²) in [4.78, 5) is 1.75. The Hall–Kier alpha value is -1.59. The number of alkyl halides is 3. The van der Waals surface area contributed by atoms with E-state index < -0.39 is 12.1 Å². The van der Waals surface area contributed by atoms with E-state index in [0.717, 1.165) is 5.69 Å². The van der Waals surface area contributed by atoms with Crippen molar-refractivity contribution in [3.05, 3.63) is 18.2 Å². The van der Waals surface area contributed by atoms with E-state index in [1.54, 1.807) is 23.1 Å². The molecule has 1 heterocycles. The third kappa shape index (κ3) is 3.29. The maximum absolute atomic E-state index is 12.8. The molecule has 1 saturated heterocycles. The topological polar surface area (TPSA) is 38.5 Å². The predicted molar refractivity (Wildman–Crippen MR) is 73.0 cm³/mol. The molecule has 2 rings (SSSR count). The first kappa shape index (κ1) is 14.8. The van der Waals surface area contributed by atoms with Crippen molar-refractivity contribution in [2.45, 2.75) is 25.9 Å². The summed E-state index contributed by atoms with van der Waals surface area (Å²) in [5.74, 6) is -0.733. The highest BCUT2D eigenvalue weighted by Gasteiger charge is 2.41. The molecule has 1 aromatic carbocycles. The molecule has 2 N–H and O–H groups in total. The molecule has 0 bridgehead atoms. The first-order valence-corrected chi connectivity index (χ1v) is 6.75. The SMILES string of the molecule is CCOc1cc(N2CCCC(C(F)(F)F)C2)ccc1N. The van der Waals surface area contributed by atoms with Gasteiger partial charge in [0.05, 0.1) is 18.2 Å². The number of anilines is 2. The number of hydrogen-bond donors (Lipinski definition) is 1. The second kappa shape index (κ2) is 5.81. The van der Waals surface area contributed by atoms with Crippen LogP contribution in [0.5, 0.6) is 5.75 Å². The average Bonchev–Trinajstić information content (AvgIpc) is 2.41. The molecule has 6 heteroatoms. The Morgan fingerprint density at radius 1 is 1.40 bits per heavy atom. The van der Waals surface area contributed by atoms with Crippen molar-refractivity contribution in [1.82, 2.24) is 0 Å². The lowest BCUT2D eigenvalue weighted by Gasteiger charge is -2.35. The molecule has 1 fully saturated rings. The van der Waals surface area contributed by atoms with E-state index >= 15 is 0 Å². The van der Waals surface area contributed by atoms with E-state index in [-0.39, 0.29) is 13.0 Å². The van der Waals surface area contributed by atoms with Crippen molar-refractivity contribution in [3.63, 3.8) is 0 Å². The Morgan fingerprint density at radius 2 is 2.15 bits per heavy atom. The Balaban J connectivity index is 2.16. The van der Waals surface area contributed by atoms with E-state index in [9.17, 15) is 13.2 Å². The molecule has 1 atom stereocenters. The maximum atomic E-state index is 12.8. The third-order valence-electron chi connectivity index (χ3n) is 3.55. The van der Waals surface area contributed by atoms with E-state index in [4.69, 9.17) is 10.5 Å². The van der Waals surface area contributed by atoms with Gasteiger partial charge >= 0.3 is 6.18 Å². The zero-order chi connectivity index (χ0) is 14.8. The van der Waals surface area contributed by atoms with E-state index in [0.29, 0.717) is 31.0 Å². The van der Waals surface area contributed by atoms with Gasteiger partial charge in [-0.1, -0.05) is 0 Å². The minimum absolute atomic E-state index is 0.00101. The van der Waals surface area contributed by atoms with Crippen molar-refractivity contribution in [1.29, 1.82) is 0 Å². The van der Waals surface area contributed by atoms with Crippen LogP contribution in [0, 0.1) is 5.92 Å². The average molecular weight is 288 g/mol. The molecule has 1 aliphatic heterocycles. The lowest BCUT2D eigenvalue weighted by Crippen LogP contribution is -2.41. The quantitative estimate of drug-likeness (QED) is 0.866. The highest BCUT2D eigenvalue weighted by atomic mass is 19.4. The first-order chi connectivity index (χ1) is 9.41. The Kier molecular flexibility index (Phi) is 4.30. The lowest BCUT2D eigenvalue weighted by molar-refractivity contribution is -0.175. The number of hydrogen-bond acceptors (Lipinski definition) is 3. The number of piperidine rings is 1. The Labute approximate surface area is 116 Å². The van der Waals surface area contributed by atoms with Crippen LogP contribution in [0.15, 0.2) is 18.2 Å². The van der Waals surface area contributed by atoms with Gasteiger partial charge in [0, 0.05) is 24.8 Å². The fourth-order valence-electron chi connectivity index (χ4n) is 2.48. The van der Waals surface area contributed by atoms with Gasteiger partial charge in [0.15, 0.2) is 0 Å². The van der Waals surface area contributed by atoms with Crippen molar-refractivity contribution >= 4 is 11.4 Å². The molecule has 0 amide bonds. The van der Waals surface area contributed by atoms with Gasteiger partial charge in [-0.2, -0.15) is 13.2 Å². The second-order valence-corrected chi connectivity index (χ2v) is 4.98. The van der Waals surface area contributed by atoms with Crippen LogP contribution in [0.1, 0.15) is 19.8 Å². The molecule has 20 heavy (non-hydrogen) atoms. The summed E-state index contributed by atoms with van der Waals surface area (Å²) >= 11 is 0. The molecule has 0 saturated carbocycles. The molecule has 112 valence electrons. The van der Waals surface area contributed by atoms with Crippen molar-refractivity contribution in [2.24, 2.45) is 5.92 Å². The van der Waals surface area contributed by atoms with Crippen molar-refractivity contribution in [3.8, 4) is 5.75 Å². The fourth-order valence-corrected chi connectivity index (χ4v) is 2.48. The van der Waals surface area contributed by atoms with Gasteiger partial charge in [-0.3, -0.25) is 0 Å². The smallest absolute Gasteiger partial charge is 0.393 e. The number of benzene rings is 1. The summed E-state index contributed by atoms with van der Waals surface area (Å²) in [6.45, 7) is 2.94. The van der Waals surface area contributed by atoms with Crippen LogP contribution in [0.2, 0.25) is 0 Å². The summed E-state index contributed by atoms with van der Waals surface area (Å²) in [6.07, 6.45) is -3.39. The summed E-state index contributed by atoms with van der Waals surface area (Å²) in [6, 6.07) is 5.14. The van der Waals surface area contributed by atoms with Gasteiger partial charge < -0.3 is 15.4 Å². The Morgan fingerprint density at radius 3 is 2.80 bits per heavy atom. The van der Waals surface area contributed by atoms with Crippen LogP contribution in [0.4, 0.5) is 24.5 Å². The number of nitrogens with zero attached hydrogens (tertiary/aromatic N) is 1. The summed E-state index contributed by atoms with van der Waals surface area (Å²) in [5, 5.41) is 0. The molecule has 0 aliphatic carbocycles. The molecular formula is C14H19F3N2O. The molecular weight excluding hydrogens is 269 g/mol. The third-order valence-corrected chi connectivity index (χ3v) is 3.55. The molecule has 0 spiro atoms. The summed E-state index contributed by atoms with van der Waals surface area (Å²) < 4.78 is 43.9. The molecule has 1 aliphatic rings. The van der Waals surface area contributed by atoms with Gasteiger partial charge in [0.25, 0.3) is 0 Å². The normalized spacial score (nSPS) is 20.0. The maximum Gasteiger partial charge on any atom is 0.393 e. The summed E-state index contributed by atoms with van der Waals surface area (Å²) in [5.41, 5.74) is 7.01. The molecule has 1 unspecified atom stereocenters. The monoisotopic (exact) mass is 288 g/mol. The van der Waals surface area contributed by atoms with Gasteiger partial charge in [-0.15, -0.1) is 0 Å². The zero-order valence-corrected chi connectivity index (χ0v) is 11.4. The second-order valence-electron chi connectivity index (χ2n) is 4.98. The predicted octanol–water partition coefficient (Wildman–Crippen LogP) is 3.45. The van der Waals surface area contributed by atoms with Gasteiger partial charge in [0.2, 0.25) is 0 Å². The highest BCUT2D eigenvalue weighted by molar-refractivity contribution is 5.62. The highest BCUT2D eigenvalue weighted by Crippen LogP contribution is 2.36. The van der Waals surface area contributed by atoms with Crippen molar-refractivity contribution in [2.75, 3.05) is 30.3 Å². The van der Waals surface area contributed by atoms with Gasteiger partial charge in [-0.05, 0) is 31.9 Å². The van der Waals surface area contributed by atoms with Crippen LogP contribution in [-0.4, -0.2) is 25.9 Å². The minimum atomic E-state index is -4.13. The van der Waals surface area contributed by atoms with E-state index in [2.05, 4.69) is 0 Å². The first-order valence-electron chi connectivity index (χ1n) is 6.75. The van der Waals surface area contributed by atoms with Crippen LogP contribution in [0.3, 0.4) is 0 Å². The zero-order valence-electron chi connectivity index (χ0n) is 11.4. The number of nitrogen functional groups attached to an aromatic ring is 1. The van der Waals surface area contributed by atoms with Crippen molar-refractivity contribution < 1.29 is 17.9 Å². The van der Waals surface area contributed by atoms with Crippen LogP contribution < -0.4 is 15.4 Å². The summed E-state index contributed by atoms with van der Waals surface area (Å²) in [7, 11) is 0. The number of rotatable bonds is 3. The lowest BCUT2D eigenvalue weighted by atomic mass is 9.97. The Bertz CT molecular complexity index is 462. The standard InChI is InChI=1S/C14H19F3N2O/c1-2-20-13-8-11(5-6-12(13)18)19-7-3-4-10(9-19)14(15,16)17/h5-6,8,10H,2-4,7,9,18H2,1H3. The van der Waals surface area contributed by atoms with Crippen LogP contribution in [-0.2, 0) is 0 Å². The van der Waals surface area contributed by atoms with Gasteiger partial charge in [0.1, 0.15) is 5.75 Å². The number of halogens is 3. The molecule has 0 radical (unpaired) electrons. The number of nitrogens with two attached hydrogens (primary N) is 1. The van der Waals surface area contributed by atoms with Crippen LogP contribution in [0.25, 0.3) is 0 Å². The molecule has 0 aromatic heterocycles. The fraction of sp³-hybridized carbons (Fsp3) is 0.571. The minimum Gasteiger partial charge on any atom is -0.492 e.